The van der Waals surface area contributed by atoms with E-state index < -0.39 is 23.8 Å². The molecular weight excluding hydrogens is 985 g/mol. The van der Waals surface area contributed by atoms with Crippen molar-refractivity contribution >= 4 is 47.6 Å². The van der Waals surface area contributed by atoms with Crippen LogP contribution in [0, 0.1) is 5.41 Å². The summed E-state index contributed by atoms with van der Waals surface area (Å²) in [5, 5.41) is 43.7. The number of nitrogens with one attached hydrogen (secondary N) is 6. The Labute approximate surface area is 469 Å². The summed E-state index contributed by atoms with van der Waals surface area (Å²) in [6, 6.07) is 0.549. The zero-order chi connectivity index (χ0) is 58.2. The third-order valence-corrected chi connectivity index (χ3v) is 16.8. The first-order valence-electron chi connectivity index (χ1n) is 29.5. The van der Waals surface area contributed by atoms with E-state index in [-0.39, 0.29) is 94.4 Å². The molecule has 0 atom stereocenters. The quantitative estimate of drug-likeness (QED) is 0.0521. The number of carbonyl (C=O) groups is 2. The Balaban J connectivity index is 1.33. The zero-order valence-corrected chi connectivity index (χ0v) is 52.0. The number of rotatable bonds is 23. The highest BCUT2D eigenvalue weighted by Gasteiger charge is 2.46. The molecule has 0 spiro atoms. The molecule has 4 fully saturated rings. The lowest BCUT2D eigenvalue weighted by Gasteiger charge is -2.50. The van der Waals surface area contributed by atoms with E-state index >= 15 is 0 Å². The number of carboxylic acid groups (broad SMARTS) is 2. The first-order valence-corrected chi connectivity index (χ1v) is 29.5. The van der Waals surface area contributed by atoms with E-state index in [2.05, 4.69) is 190 Å². The van der Waals surface area contributed by atoms with Crippen molar-refractivity contribution in [2.24, 2.45) is 5.41 Å². The summed E-state index contributed by atoms with van der Waals surface area (Å²) in [5.74, 6) is 0.523. The number of piperidine rings is 4. The van der Waals surface area contributed by atoms with Crippen LogP contribution in [0.4, 0.5) is 35.7 Å². The largest absolute Gasteiger partial charge is 0.481 e. The van der Waals surface area contributed by atoms with Gasteiger partial charge < -0.3 is 61.7 Å². The molecule has 442 valence electrons. The lowest BCUT2D eigenvalue weighted by atomic mass is 9.78. The molecule has 8 N–H and O–H groups in total. The maximum atomic E-state index is 13.6. The normalized spacial score (nSPS) is 22.8. The maximum Gasteiger partial charge on any atom is 0.310 e. The molecule has 6 rings (SSSR count). The van der Waals surface area contributed by atoms with Crippen molar-refractivity contribution in [1.29, 1.82) is 0 Å². The molecule has 4 saturated heterocycles. The highest BCUT2D eigenvalue weighted by Crippen LogP contribution is 2.39. The minimum absolute atomic E-state index is 0.0154. The van der Waals surface area contributed by atoms with Gasteiger partial charge in [0.2, 0.25) is 35.7 Å². The van der Waals surface area contributed by atoms with Gasteiger partial charge in [-0.1, -0.05) is 0 Å². The summed E-state index contributed by atoms with van der Waals surface area (Å²) >= 11 is 0. The van der Waals surface area contributed by atoms with Crippen LogP contribution in [0.1, 0.15) is 209 Å². The first kappa shape index (κ1) is 62.8. The van der Waals surface area contributed by atoms with Crippen LogP contribution in [0.2, 0.25) is 0 Å². The van der Waals surface area contributed by atoms with Gasteiger partial charge in [-0.2, -0.15) is 29.9 Å². The number of carboxylic acids is 2. The molecule has 4 aliphatic rings. The van der Waals surface area contributed by atoms with E-state index in [0.717, 1.165) is 51.4 Å². The summed E-state index contributed by atoms with van der Waals surface area (Å²) in [7, 11) is 0. The summed E-state index contributed by atoms with van der Waals surface area (Å²) in [5.41, 5.74) is -2.66. The van der Waals surface area contributed by atoms with Crippen LogP contribution in [0.15, 0.2) is 0 Å². The Morgan fingerprint density at radius 3 is 0.833 bits per heavy atom. The fraction of sp³-hybridized carbons (Fsp3) is 0.862. The van der Waals surface area contributed by atoms with E-state index in [4.69, 9.17) is 29.9 Å². The van der Waals surface area contributed by atoms with Crippen LogP contribution in [0.25, 0.3) is 0 Å². The van der Waals surface area contributed by atoms with Crippen LogP contribution in [0.3, 0.4) is 0 Å². The van der Waals surface area contributed by atoms with Gasteiger partial charge in [0.25, 0.3) is 0 Å². The number of hydrogen-bond acceptors (Lipinski definition) is 18. The molecule has 0 aliphatic carbocycles. The smallest absolute Gasteiger partial charge is 0.310 e. The Morgan fingerprint density at radius 2 is 0.654 bits per heavy atom. The van der Waals surface area contributed by atoms with Crippen molar-refractivity contribution < 1.29 is 19.8 Å². The van der Waals surface area contributed by atoms with Crippen molar-refractivity contribution in [2.75, 3.05) is 69.5 Å². The molecule has 0 saturated carbocycles. The third kappa shape index (κ3) is 16.2. The van der Waals surface area contributed by atoms with Gasteiger partial charge in [-0.05, 0) is 203 Å². The molecule has 0 radical (unpaired) electrons. The van der Waals surface area contributed by atoms with Gasteiger partial charge in [-0.15, -0.1) is 0 Å². The monoisotopic (exact) mass is 1090 g/mol. The Bertz CT molecular complexity index is 2050. The van der Waals surface area contributed by atoms with Crippen LogP contribution in [-0.2, 0) is 9.59 Å². The van der Waals surface area contributed by atoms with Gasteiger partial charge in [0.1, 0.15) is 0 Å². The molecule has 20 nitrogen and oxygen atoms in total. The fourth-order valence-corrected chi connectivity index (χ4v) is 15.3. The number of aliphatic carboxylic acids is 2. The third-order valence-electron chi connectivity index (χ3n) is 16.8. The fourth-order valence-electron chi connectivity index (χ4n) is 15.3. The van der Waals surface area contributed by atoms with E-state index in [1.165, 1.54) is 0 Å². The average molecular weight is 1090 g/mol. The molecule has 4 aliphatic heterocycles. The first-order chi connectivity index (χ1) is 35.8. The van der Waals surface area contributed by atoms with Crippen LogP contribution in [0.5, 0.6) is 0 Å². The van der Waals surface area contributed by atoms with Gasteiger partial charge in [0, 0.05) is 108 Å². The van der Waals surface area contributed by atoms with E-state index in [9.17, 15) is 19.8 Å². The second-order valence-electron chi connectivity index (χ2n) is 29.0. The molecule has 20 heteroatoms. The summed E-state index contributed by atoms with van der Waals surface area (Å²) in [6.07, 6.45) is 6.47. The maximum absolute atomic E-state index is 13.6. The van der Waals surface area contributed by atoms with Crippen molar-refractivity contribution in [3.8, 4) is 0 Å². The second kappa shape index (κ2) is 23.2. The van der Waals surface area contributed by atoms with Crippen molar-refractivity contribution in [3.05, 3.63) is 0 Å². The topological polar surface area (TPSA) is 237 Å². The van der Waals surface area contributed by atoms with Crippen LogP contribution < -0.4 is 51.5 Å². The Morgan fingerprint density at radius 1 is 0.436 bits per heavy atom. The molecule has 0 amide bonds. The molecule has 78 heavy (non-hydrogen) atoms. The van der Waals surface area contributed by atoms with Crippen molar-refractivity contribution in [2.45, 2.75) is 278 Å². The van der Waals surface area contributed by atoms with Gasteiger partial charge in [-0.3, -0.25) is 9.59 Å². The minimum atomic E-state index is -1.67. The Hall–Kier alpha value is -4.40. The van der Waals surface area contributed by atoms with Gasteiger partial charge in [-0.25, -0.2) is 0 Å². The van der Waals surface area contributed by atoms with Gasteiger partial charge >= 0.3 is 11.9 Å². The molecule has 2 aromatic heterocycles. The molecule has 0 unspecified atom stereocenters. The number of hydrogen-bond donors (Lipinski definition) is 8. The van der Waals surface area contributed by atoms with E-state index in [0.29, 0.717) is 61.9 Å². The molecule has 0 bridgehead atoms. The molecule has 0 aromatic carbocycles. The summed E-state index contributed by atoms with van der Waals surface area (Å²) in [4.78, 5) is 66.5. The van der Waals surface area contributed by atoms with Gasteiger partial charge in [0.15, 0.2) is 0 Å². The van der Waals surface area contributed by atoms with Crippen LogP contribution >= 0.6 is 0 Å². The lowest BCUT2D eigenvalue weighted by molar-refractivity contribution is -0.156. The standard InChI is InChI=1S/C58H106N16O4/c1-21-71(38-29-50(5,6)67-51(7,8)30-38)46-61-44(62-47(65-46)72(22-2)39-31-52(9,10)68-53(11,12)32-39)59-27-25-58(43(77)78,37-42(75)76)26-28-60-45-63-48(73(23-3)40-33-54(13,14)69-55(15,16)34-40)66-49(64-45)74(24-4)41-35-56(17,18)70-57(19,20)36-41/h38-41,67-70H,21-37H2,1-20H3,(H,75,76)(H,77,78)(H,59,61,62,65)(H,60,63,64,66). The van der Waals surface area contributed by atoms with Crippen molar-refractivity contribution in [1.82, 2.24) is 51.2 Å². The average Bonchev–Trinajstić information content (AvgIpc) is 3.24. The summed E-state index contributed by atoms with van der Waals surface area (Å²) < 4.78 is 0. The molecular formula is C58H106N16O4. The van der Waals surface area contributed by atoms with E-state index in [1.54, 1.807) is 0 Å². The number of aromatic nitrogens is 6. The zero-order valence-electron chi connectivity index (χ0n) is 52.0. The number of nitrogens with zero attached hydrogens (tertiary/aromatic N) is 10. The highest BCUT2D eigenvalue weighted by molar-refractivity contribution is 5.81. The molecule has 2 aromatic rings. The predicted molar refractivity (Wildman–Crippen MR) is 318 cm³/mol. The van der Waals surface area contributed by atoms with Crippen molar-refractivity contribution in [3.63, 3.8) is 0 Å². The van der Waals surface area contributed by atoms with Gasteiger partial charge in [0.05, 0.1) is 11.8 Å². The van der Waals surface area contributed by atoms with Crippen LogP contribution in [-0.4, -0.2) is 160 Å². The lowest BCUT2D eigenvalue weighted by Crippen LogP contribution is -2.62. The SMILES string of the molecule is CCN(c1nc(NCCC(CCNc2nc(N(CC)C3CC(C)(C)NC(C)(C)C3)nc(N(CC)C3CC(C)(C)NC(C)(C)C3)n2)(CC(=O)O)C(=O)O)nc(N(CC)C2CC(C)(C)NC(C)(C)C2)n1)C1CC(C)(C)NC(C)(C)C1. The second-order valence-corrected chi connectivity index (χ2v) is 29.0. The minimum Gasteiger partial charge on any atom is -0.481 e. The van der Waals surface area contributed by atoms with E-state index in [1.807, 2.05) is 0 Å². The Kier molecular flexibility index (Phi) is 18.7. The predicted octanol–water partition coefficient (Wildman–Crippen LogP) is 8.45. The highest BCUT2D eigenvalue weighted by atomic mass is 16.4. The summed E-state index contributed by atoms with van der Waals surface area (Å²) in [6.45, 7) is 47.4. The number of anilines is 6. The molecule has 6 heterocycles.